The van der Waals surface area contributed by atoms with Gasteiger partial charge in [0.15, 0.2) is 11.7 Å². The van der Waals surface area contributed by atoms with Crippen molar-refractivity contribution in [2.24, 2.45) is 0 Å². The highest BCUT2D eigenvalue weighted by Crippen LogP contribution is 2.17. The smallest absolute Gasteiger partial charge is 0.195 e. The lowest BCUT2D eigenvalue weighted by Gasteiger charge is -2.05. The third-order valence-corrected chi connectivity index (χ3v) is 3.11. The van der Waals surface area contributed by atoms with E-state index in [0.717, 1.165) is 10.4 Å². The van der Waals surface area contributed by atoms with Gasteiger partial charge in [0.1, 0.15) is 5.76 Å². The number of ketones is 1. The molecule has 0 aliphatic rings. The van der Waals surface area contributed by atoms with Crippen molar-refractivity contribution in [1.29, 1.82) is 0 Å². The molecule has 2 rings (SSSR count). The summed E-state index contributed by atoms with van der Waals surface area (Å²) in [7, 11) is 3.80. The highest BCUT2D eigenvalue weighted by molar-refractivity contribution is 9.10. The number of carbonyl (C=O) groups is 1. The number of halogens is 1. The van der Waals surface area contributed by atoms with Gasteiger partial charge in [-0.2, -0.15) is 0 Å². The average Bonchev–Trinajstić information content (AvgIpc) is 2.86. The quantitative estimate of drug-likeness (QED) is 0.630. The van der Waals surface area contributed by atoms with E-state index in [4.69, 9.17) is 4.42 Å². The minimum atomic E-state index is -0.0460. The molecule has 0 spiro atoms. The van der Waals surface area contributed by atoms with Gasteiger partial charge in [-0.15, -0.1) is 0 Å². The van der Waals surface area contributed by atoms with E-state index in [1.165, 1.54) is 6.08 Å². The predicted molar refractivity (Wildman–Crippen MR) is 80.5 cm³/mol. The van der Waals surface area contributed by atoms with Crippen molar-refractivity contribution in [1.82, 2.24) is 0 Å². The molecule has 0 atom stereocenters. The molecule has 4 heteroatoms. The molecule has 19 heavy (non-hydrogen) atoms. The van der Waals surface area contributed by atoms with E-state index in [1.807, 2.05) is 43.3 Å². The Hall–Kier alpha value is -1.81. The van der Waals surface area contributed by atoms with Crippen LogP contribution in [0.1, 0.15) is 16.1 Å². The monoisotopic (exact) mass is 319 g/mol. The maximum atomic E-state index is 11.9. The van der Waals surface area contributed by atoms with Gasteiger partial charge < -0.3 is 9.32 Å². The first-order valence-corrected chi connectivity index (χ1v) is 6.61. The van der Waals surface area contributed by atoms with Gasteiger partial charge in [0.05, 0.1) is 0 Å². The fraction of sp³-hybridized carbons (Fsp3) is 0.133. The second kappa shape index (κ2) is 5.89. The summed E-state index contributed by atoms with van der Waals surface area (Å²) in [6.07, 6.45) is 3.19. The molecule has 0 radical (unpaired) electrons. The fourth-order valence-corrected chi connectivity index (χ4v) is 1.80. The molecular formula is C15H14BrNO2. The van der Waals surface area contributed by atoms with Crippen LogP contribution in [0.15, 0.2) is 51.4 Å². The normalized spacial score (nSPS) is 10.9. The summed E-state index contributed by atoms with van der Waals surface area (Å²) >= 11 is 3.34. The maximum Gasteiger partial charge on any atom is 0.195 e. The number of hydrogen-bond acceptors (Lipinski definition) is 3. The van der Waals surface area contributed by atoms with Crippen molar-refractivity contribution >= 4 is 33.7 Å². The Balaban J connectivity index is 2.09. The van der Waals surface area contributed by atoms with E-state index in [9.17, 15) is 4.79 Å². The number of nitrogens with zero attached hydrogens (tertiary/aromatic N) is 1. The molecule has 3 nitrogen and oxygen atoms in total. The summed E-state index contributed by atoms with van der Waals surface area (Å²) in [5.41, 5.74) is 0.652. The minimum Gasteiger partial charge on any atom is -0.441 e. The van der Waals surface area contributed by atoms with Gasteiger partial charge in [-0.3, -0.25) is 4.79 Å². The second-order valence-electron chi connectivity index (χ2n) is 4.27. The van der Waals surface area contributed by atoms with Crippen LogP contribution in [0.4, 0.5) is 5.88 Å². The van der Waals surface area contributed by atoms with Gasteiger partial charge in [-0.1, -0.05) is 15.9 Å². The van der Waals surface area contributed by atoms with Crippen molar-refractivity contribution in [3.05, 3.63) is 58.3 Å². The van der Waals surface area contributed by atoms with Crippen LogP contribution in [0.2, 0.25) is 0 Å². The van der Waals surface area contributed by atoms with E-state index in [2.05, 4.69) is 15.9 Å². The van der Waals surface area contributed by atoms with Gasteiger partial charge >= 0.3 is 0 Å². The lowest BCUT2D eigenvalue weighted by Crippen LogP contribution is -2.06. The number of carbonyl (C=O) groups excluding carboxylic acids is 1. The third kappa shape index (κ3) is 3.58. The molecule has 1 aromatic heterocycles. The van der Waals surface area contributed by atoms with Crippen LogP contribution < -0.4 is 4.90 Å². The molecule has 0 bridgehead atoms. The van der Waals surface area contributed by atoms with Crippen molar-refractivity contribution in [3.63, 3.8) is 0 Å². The summed E-state index contributed by atoms with van der Waals surface area (Å²) in [4.78, 5) is 13.8. The van der Waals surface area contributed by atoms with E-state index in [-0.39, 0.29) is 5.78 Å². The van der Waals surface area contributed by atoms with Gasteiger partial charge in [-0.25, -0.2) is 0 Å². The van der Waals surface area contributed by atoms with Crippen molar-refractivity contribution in [3.8, 4) is 0 Å². The lowest BCUT2D eigenvalue weighted by atomic mass is 10.1. The Morgan fingerprint density at radius 2 is 1.84 bits per heavy atom. The molecule has 0 aliphatic heterocycles. The number of anilines is 1. The third-order valence-electron chi connectivity index (χ3n) is 2.58. The molecule has 0 aliphatic carbocycles. The Labute approximate surface area is 120 Å². The Bertz CT molecular complexity index is 597. The van der Waals surface area contributed by atoms with Crippen LogP contribution in [0.25, 0.3) is 6.08 Å². The number of furan rings is 1. The molecule has 0 N–H and O–H groups in total. The van der Waals surface area contributed by atoms with E-state index >= 15 is 0 Å². The molecule has 0 saturated carbocycles. The van der Waals surface area contributed by atoms with Crippen LogP contribution in [0.3, 0.4) is 0 Å². The summed E-state index contributed by atoms with van der Waals surface area (Å²) in [6.45, 7) is 0. The number of allylic oxidation sites excluding steroid dienone is 1. The molecule has 0 saturated heterocycles. The molecule has 0 unspecified atom stereocenters. The number of hydrogen-bond donors (Lipinski definition) is 0. The van der Waals surface area contributed by atoms with E-state index < -0.39 is 0 Å². The molecule has 1 aromatic carbocycles. The first kappa shape index (κ1) is 13.6. The molecule has 0 fully saturated rings. The molecular weight excluding hydrogens is 306 g/mol. The summed E-state index contributed by atoms with van der Waals surface area (Å²) in [5, 5.41) is 0. The zero-order chi connectivity index (χ0) is 13.8. The Morgan fingerprint density at radius 3 is 2.42 bits per heavy atom. The first-order valence-electron chi connectivity index (χ1n) is 5.81. The summed E-state index contributed by atoms with van der Waals surface area (Å²) in [6, 6.07) is 11.0. The maximum absolute atomic E-state index is 11.9. The Kier molecular flexibility index (Phi) is 4.22. The lowest BCUT2D eigenvalue weighted by molar-refractivity contribution is 0.104. The molecule has 98 valence electrons. The highest BCUT2D eigenvalue weighted by atomic mass is 79.9. The van der Waals surface area contributed by atoms with Crippen LogP contribution in [0, 0.1) is 0 Å². The average molecular weight is 320 g/mol. The fourth-order valence-electron chi connectivity index (χ4n) is 1.54. The SMILES string of the molecule is CN(C)c1ccc(C=CC(=O)c2ccc(Br)cc2)o1. The van der Waals surface area contributed by atoms with Crippen molar-refractivity contribution in [2.45, 2.75) is 0 Å². The standard InChI is InChI=1S/C15H14BrNO2/c1-17(2)15-10-8-13(19-15)7-9-14(18)11-3-5-12(16)6-4-11/h3-10H,1-2H3. The number of rotatable bonds is 4. The van der Waals surface area contributed by atoms with Gasteiger partial charge in [0.2, 0.25) is 0 Å². The van der Waals surface area contributed by atoms with Gasteiger partial charge in [-0.05, 0) is 42.5 Å². The van der Waals surface area contributed by atoms with Crippen LogP contribution in [-0.4, -0.2) is 19.9 Å². The zero-order valence-electron chi connectivity index (χ0n) is 10.8. The van der Waals surface area contributed by atoms with Crippen molar-refractivity contribution < 1.29 is 9.21 Å². The first-order chi connectivity index (χ1) is 9.06. The van der Waals surface area contributed by atoms with E-state index in [0.29, 0.717) is 11.3 Å². The Morgan fingerprint density at radius 1 is 1.16 bits per heavy atom. The largest absolute Gasteiger partial charge is 0.441 e. The number of benzene rings is 1. The van der Waals surface area contributed by atoms with Crippen molar-refractivity contribution in [2.75, 3.05) is 19.0 Å². The molecule has 1 heterocycles. The molecule has 0 amide bonds. The zero-order valence-corrected chi connectivity index (χ0v) is 12.3. The van der Waals surface area contributed by atoms with Crippen LogP contribution in [0.5, 0.6) is 0 Å². The van der Waals surface area contributed by atoms with Crippen LogP contribution >= 0.6 is 15.9 Å². The predicted octanol–water partition coefficient (Wildman–Crippen LogP) is 4.00. The van der Waals surface area contributed by atoms with Gasteiger partial charge in [0.25, 0.3) is 0 Å². The minimum absolute atomic E-state index is 0.0460. The molecule has 2 aromatic rings. The summed E-state index contributed by atoms with van der Waals surface area (Å²) < 4.78 is 6.48. The van der Waals surface area contributed by atoms with Gasteiger partial charge in [0, 0.05) is 30.2 Å². The van der Waals surface area contributed by atoms with Crippen LogP contribution in [-0.2, 0) is 0 Å². The highest BCUT2D eigenvalue weighted by Gasteiger charge is 2.03. The second-order valence-corrected chi connectivity index (χ2v) is 5.19. The topological polar surface area (TPSA) is 33.5 Å². The van der Waals surface area contributed by atoms with E-state index in [1.54, 1.807) is 18.2 Å². The summed E-state index contributed by atoms with van der Waals surface area (Å²) in [5.74, 6) is 1.38.